The number of rotatable bonds is 4. The van der Waals surface area contributed by atoms with E-state index in [-0.39, 0.29) is 0 Å². The molecule has 0 saturated carbocycles. The zero-order valence-corrected chi connectivity index (χ0v) is 10.0. The highest BCUT2D eigenvalue weighted by molar-refractivity contribution is 5.86. The summed E-state index contributed by atoms with van der Waals surface area (Å²) in [6.45, 7) is 2.82. The van der Waals surface area contributed by atoms with Crippen molar-refractivity contribution in [3.63, 3.8) is 0 Å². The van der Waals surface area contributed by atoms with E-state index in [0.717, 1.165) is 12.0 Å². The summed E-state index contributed by atoms with van der Waals surface area (Å²) in [5.41, 5.74) is 1.03. The van der Waals surface area contributed by atoms with Gasteiger partial charge in [-0.25, -0.2) is 9.59 Å². The van der Waals surface area contributed by atoms with Crippen molar-refractivity contribution in [3.05, 3.63) is 11.6 Å². The van der Waals surface area contributed by atoms with Crippen molar-refractivity contribution in [1.29, 1.82) is 0 Å². The summed E-state index contributed by atoms with van der Waals surface area (Å²) in [7, 11) is 0. The molecule has 1 heterocycles. The molecule has 0 spiro atoms. The Hall–Kier alpha value is -2.05. The molecule has 0 aromatic rings. The maximum absolute atomic E-state index is 11.8. The summed E-state index contributed by atoms with van der Waals surface area (Å²) in [6.07, 6.45) is 2.09. The first-order valence-electron chi connectivity index (χ1n) is 5.56. The molecule has 0 bridgehead atoms. The van der Waals surface area contributed by atoms with Gasteiger partial charge in [-0.3, -0.25) is 4.79 Å². The first-order chi connectivity index (χ1) is 8.40. The minimum atomic E-state index is -1.40. The fourth-order valence-corrected chi connectivity index (χ4v) is 1.70. The van der Waals surface area contributed by atoms with Gasteiger partial charge in [-0.15, -0.1) is 0 Å². The van der Waals surface area contributed by atoms with Crippen LogP contribution in [0, 0.1) is 0 Å². The fraction of sp³-hybridized carbons (Fsp3) is 0.545. The second-order valence-corrected chi connectivity index (χ2v) is 4.20. The Kier molecular flexibility index (Phi) is 4.70. The van der Waals surface area contributed by atoms with E-state index in [1.165, 1.54) is 4.90 Å². The smallest absolute Gasteiger partial charge is 0.326 e. The second kappa shape index (κ2) is 6.04. The number of amides is 2. The summed E-state index contributed by atoms with van der Waals surface area (Å²) in [5.74, 6) is -2.62. The summed E-state index contributed by atoms with van der Waals surface area (Å²) < 4.78 is 0. The number of carboxylic acids is 2. The van der Waals surface area contributed by atoms with Crippen LogP contribution in [0.3, 0.4) is 0 Å². The Balaban J connectivity index is 2.58. The number of carbonyl (C=O) groups is 3. The molecular formula is C11H16N2O5. The van der Waals surface area contributed by atoms with Gasteiger partial charge in [0, 0.05) is 13.1 Å². The van der Waals surface area contributed by atoms with Gasteiger partial charge in [-0.2, -0.15) is 0 Å². The van der Waals surface area contributed by atoms with Crippen LogP contribution in [0.25, 0.3) is 0 Å². The first kappa shape index (κ1) is 14.0. The Morgan fingerprint density at radius 2 is 2.11 bits per heavy atom. The van der Waals surface area contributed by atoms with E-state index >= 15 is 0 Å². The molecular weight excluding hydrogens is 240 g/mol. The molecule has 7 nitrogen and oxygen atoms in total. The number of carboxylic acid groups (broad SMARTS) is 2. The molecule has 0 aromatic carbocycles. The third-order valence-corrected chi connectivity index (χ3v) is 2.59. The average molecular weight is 256 g/mol. The molecule has 0 fully saturated rings. The first-order valence-corrected chi connectivity index (χ1v) is 5.56. The molecule has 18 heavy (non-hydrogen) atoms. The van der Waals surface area contributed by atoms with Gasteiger partial charge in [-0.05, 0) is 13.3 Å². The van der Waals surface area contributed by atoms with Gasteiger partial charge < -0.3 is 20.4 Å². The van der Waals surface area contributed by atoms with E-state index in [4.69, 9.17) is 10.2 Å². The van der Waals surface area contributed by atoms with E-state index in [9.17, 15) is 14.4 Å². The van der Waals surface area contributed by atoms with Gasteiger partial charge in [0.2, 0.25) is 0 Å². The van der Waals surface area contributed by atoms with Crippen LogP contribution in [0.15, 0.2) is 11.6 Å². The zero-order chi connectivity index (χ0) is 13.7. The quantitative estimate of drug-likeness (QED) is 0.626. The Morgan fingerprint density at radius 3 is 2.61 bits per heavy atom. The molecule has 3 N–H and O–H groups in total. The minimum absolute atomic E-state index is 0.436. The van der Waals surface area contributed by atoms with Crippen LogP contribution < -0.4 is 5.32 Å². The van der Waals surface area contributed by atoms with Crippen molar-refractivity contribution in [2.75, 3.05) is 13.1 Å². The van der Waals surface area contributed by atoms with Crippen LogP contribution in [-0.2, 0) is 9.59 Å². The van der Waals surface area contributed by atoms with Crippen molar-refractivity contribution >= 4 is 18.0 Å². The predicted octanol–water partition coefficient (Wildman–Crippen LogP) is 0.276. The lowest BCUT2D eigenvalue weighted by atomic mass is 10.1. The van der Waals surface area contributed by atoms with Gasteiger partial charge in [0.05, 0.1) is 6.42 Å². The third-order valence-electron chi connectivity index (χ3n) is 2.59. The topological polar surface area (TPSA) is 107 Å². The summed E-state index contributed by atoms with van der Waals surface area (Å²) in [6, 6.07) is -1.95. The fourth-order valence-electron chi connectivity index (χ4n) is 1.70. The van der Waals surface area contributed by atoms with Crippen molar-refractivity contribution in [2.45, 2.75) is 25.8 Å². The molecule has 1 atom stereocenters. The summed E-state index contributed by atoms with van der Waals surface area (Å²) in [4.78, 5) is 34.5. The number of carbonyl (C=O) groups excluding carboxylic acids is 1. The van der Waals surface area contributed by atoms with Gasteiger partial charge in [0.25, 0.3) is 0 Å². The monoisotopic (exact) mass is 256 g/mol. The lowest BCUT2D eigenvalue weighted by molar-refractivity contribution is -0.145. The molecule has 0 radical (unpaired) electrons. The molecule has 1 aliphatic rings. The molecule has 7 heteroatoms. The average Bonchev–Trinajstić information content (AvgIpc) is 2.27. The van der Waals surface area contributed by atoms with Crippen LogP contribution in [0.1, 0.15) is 19.8 Å². The zero-order valence-electron chi connectivity index (χ0n) is 10.0. The van der Waals surface area contributed by atoms with Gasteiger partial charge >= 0.3 is 18.0 Å². The summed E-state index contributed by atoms with van der Waals surface area (Å²) in [5, 5.41) is 19.6. The lowest BCUT2D eigenvalue weighted by Gasteiger charge is -2.27. The van der Waals surface area contributed by atoms with Crippen molar-refractivity contribution in [2.24, 2.45) is 0 Å². The SMILES string of the molecule is CC1=CCCN(C(=O)N[C@H](CC(=O)O)C(=O)O)C1. The molecule has 1 aliphatic heterocycles. The highest BCUT2D eigenvalue weighted by atomic mass is 16.4. The number of hydrogen-bond donors (Lipinski definition) is 3. The van der Waals surface area contributed by atoms with Crippen LogP contribution in [0.4, 0.5) is 4.79 Å². The standard InChI is InChI=1S/C11H16N2O5/c1-7-3-2-4-13(6-7)11(18)12-8(10(16)17)5-9(14)15/h3,8H,2,4-6H2,1H3,(H,12,18)(H,14,15)(H,16,17)/t8-/m1/s1. The van der Waals surface area contributed by atoms with Crippen molar-refractivity contribution < 1.29 is 24.6 Å². The molecule has 0 unspecified atom stereocenters. The predicted molar refractivity (Wildman–Crippen MR) is 62.2 cm³/mol. The van der Waals surface area contributed by atoms with E-state index in [2.05, 4.69) is 5.32 Å². The van der Waals surface area contributed by atoms with Crippen molar-refractivity contribution in [3.8, 4) is 0 Å². The highest BCUT2D eigenvalue weighted by Gasteiger charge is 2.26. The molecule has 0 saturated heterocycles. The molecule has 100 valence electrons. The number of urea groups is 1. The van der Waals surface area contributed by atoms with Crippen LogP contribution in [-0.4, -0.2) is 52.2 Å². The van der Waals surface area contributed by atoms with Gasteiger partial charge in [-0.1, -0.05) is 11.6 Å². The maximum Gasteiger partial charge on any atom is 0.326 e. The Labute approximate surface area is 104 Å². The second-order valence-electron chi connectivity index (χ2n) is 4.20. The molecule has 0 aliphatic carbocycles. The van der Waals surface area contributed by atoms with E-state index in [1.54, 1.807) is 0 Å². The largest absolute Gasteiger partial charge is 0.481 e. The van der Waals surface area contributed by atoms with Crippen LogP contribution in [0.2, 0.25) is 0 Å². The minimum Gasteiger partial charge on any atom is -0.481 e. The number of nitrogens with one attached hydrogen (secondary N) is 1. The number of hydrogen-bond acceptors (Lipinski definition) is 3. The molecule has 0 aromatic heterocycles. The number of nitrogens with zero attached hydrogens (tertiary/aromatic N) is 1. The Morgan fingerprint density at radius 1 is 1.44 bits per heavy atom. The van der Waals surface area contributed by atoms with E-state index in [0.29, 0.717) is 13.1 Å². The Bertz CT molecular complexity index is 391. The van der Waals surface area contributed by atoms with E-state index < -0.39 is 30.4 Å². The van der Waals surface area contributed by atoms with Crippen LogP contribution >= 0.6 is 0 Å². The van der Waals surface area contributed by atoms with E-state index in [1.807, 2.05) is 13.0 Å². The lowest BCUT2D eigenvalue weighted by Crippen LogP contribution is -2.50. The normalized spacial score (nSPS) is 16.7. The van der Waals surface area contributed by atoms with Gasteiger partial charge in [0.1, 0.15) is 6.04 Å². The van der Waals surface area contributed by atoms with Crippen molar-refractivity contribution in [1.82, 2.24) is 10.2 Å². The van der Waals surface area contributed by atoms with Gasteiger partial charge in [0.15, 0.2) is 0 Å². The molecule has 2 amide bonds. The maximum atomic E-state index is 11.8. The highest BCUT2D eigenvalue weighted by Crippen LogP contribution is 2.09. The molecule has 1 rings (SSSR count). The third kappa shape index (κ3) is 4.08. The van der Waals surface area contributed by atoms with Crippen LogP contribution in [0.5, 0.6) is 0 Å². The summed E-state index contributed by atoms with van der Waals surface area (Å²) >= 11 is 0. The number of aliphatic carboxylic acids is 2.